The van der Waals surface area contributed by atoms with Crippen LogP contribution in [0.15, 0.2) is 18.2 Å². The van der Waals surface area contributed by atoms with Gasteiger partial charge in [0.2, 0.25) is 0 Å². The topological polar surface area (TPSA) is 21.3 Å². The van der Waals surface area contributed by atoms with Crippen LogP contribution in [0.4, 0.5) is 0 Å². The first-order chi connectivity index (χ1) is 9.69. The Morgan fingerprint density at radius 1 is 1.25 bits per heavy atom. The zero-order valence-corrected chi connectivity index (χ0v) is 13.3. The smallest absolute Gasteiger partial charge is 0.0595 e. The van der Waals surface area contributed by atoms with Gasteiger partial charge in [0.15, 0.2) is 0 Å². The van der Waals surface area contributed by atoms with Crippen molar-refractivity contribution in [2.45, 2.75) is 44.2 Å². The third-order valence-electron chi connectivity index (χ3n) is 4.73. The van der Waals surface area contributed by atoms with Crippen LogP contribution in [0.25, 0.3) is 0 Å². The fourth-order valence-electron chi connectivity index (χ4n) is 3.75. The van der Waals surface area contributed by atoms with Crippen LogP contribution in [-0.4, -0.2) is 25.3 Å². The van der Waals surface area contributed by atoms with Crippen molar-refractivity contribution in [1.82, 2.24) is 5.32 Å². The quantitative estimate of drug-likeness (QED) is 0.897. The van der Waals surface area contributed by atoms with Gasteiger partial charge in [-0.25, -0.2) is 0 Å². The number of hydrogen-bond acceptors (Lipinski definition) is 2. The Hall–Kier alpha value is -0.280. The predicted octanol–water partition coefficient (Wildman–Crippen LogP) is 4.25. The van der Waals surface area contributed by atoms with Crippen molar-refractivity contribution in [1.29, 1.82) is 0 Å². The Bertz CT molecular complexity index is 480. The van der Waals surface area contributed by atoms with Crippen LogP contribution in [0.2, 0.25) is 10.0 Å². The van der Waals surface area contributed by atoms with Crippen molar-refractivity contribution >= 4 is 23.2 Å². The minimum Gasteiger partial charge on any atom is -0.381 e. The largest absolute Gasteiger partial charge is 0.381 e. The molecule has 1 N–H and O–H groups in total. The average Bonchev–Trinajstić information content (AvgIpc) is 2.83. The molecule has 2 nitrogen and oxygen atoms in total. The van der Waals surface area contributed by atoms with Gasteiger partial charge in [-0.3, -0.25) is 0 Å². The lowest BCUT2D eigenvalue weighted by atomic mass is 9.77. The minimum absolute atomic E-state index is 0.523. The highest BCUT2D eigenvalue weighted by atomic mass is 35.5. The molecule has 2 aliphatic rings. The van der Waals surface area contributed by atoms with E-state index in [9.17, 15) is 0 Å². The molecule has 0 spiro atoms. The second kappa shape index (κ2) is 6.23. The SMILES string of the molecule is CCOCC1C2CCC(CC1c1ccc(Cl)c(Cl)c1)N2. The van der Waals surface area contributed by atoms with Crippen LogP contribution in [0, 0.1) is 5.92 Å². The van der Waals surface area contributed by atoms with E-state index in [2.05, 4.69) is 18.3 Å². The van der Waals surface area contributed by atoms with Gasteiger partial charge in [0.05, 0.1) is 16.7 Å². The van der Waals surface area contributed by atoms with Crippen LogP contribution in [0.3, 0.4) is 0 Å². The second-order valence-electron chi connectivity index (χ2n) is 5.89. The molecule has 1 aromatic carbocycles. The standard InChI is InChI=1S/C16H21Cl2NO/c1-2-20-9-13-12(8-11-4-6-16(13)19-11)10-3-5-14(17)15(18)7-10/h3,5,7,11-13,16,19H,2,4,6,8-9H2,1H3. The molecule has 1 aromatic rings. The molecule has 0 aromatic heterocycles. The molecule has 0 saturated carbocycles. The van der Waals surface area contributed by atoms with E-state index in [-0.39, 0.29) is 0 Å². The molecule has 0 aliphatic carbocycles. The van der Waals surface area contributed by atoms with Crippen molar-refractivity contribution in [2.75, 3.05) is 13.2 Å². The predicted molar refractivity (Wildman–Crippen MR) is 83.7 cm³/mol. The number of piperidine rings is 1. The van der Waals surface area contributed by atoms with Crippen LogP contribution >= 0.6 is 23.2 Å². The van der Waals surface area contributed by atoms with Crippen molar-refractivity contribution in [3.05, 3.63) is 33.8 Å². The summed E-state index contributed by atoms with van der Waals surface area (Å²) < 4.78 is 5.73. The first-order valence-electron chi connectivity index (χ1n) is 7.47. The summed E-state index contributed by atoms with van der Waals surface area (Å²) in [6.45, 7) is 3.66. The van der Waals surface area contributed by atoms with E-state index in [1.807, 2.05) is 12.1 Å². The molecule has 2 bridgehead atoms. The van der Waals surface area contributed by atoms with Crippen LogP contribution in [0.5, 0.6) is 0 Å². The zero-order chi connectivity index (χ0) is 14.1. The summed E-state index contributed by atoms with van der Waals surface area (Å²) in [5.74, 6) is 1.06. The summed E-state index contributed by atoms with van der Waals surface area (Å²) in [6.07, 6.45) is 3.72. The summed E-state index contributed by atoms with van der Waals surface area (Å²) in [4.78, 5) is 0. The van der Waals surface area contributed by atoms with Crippen molar-refractivity contribution in [2.24, 2.45) is 5.92 Å². The third kappa shape index (κ3) is 2.85. The third-order valence-corrected chi connectivity index (χ3v) is 5.47. The summed E-state index contributed by atoms with van der Waals surface area (Å²) in [5.41, 5.74) is 1.31. The van der Waals surface area contributed by atoms with E-state index in [0.29, 0.717) is 34.0 Å². The molecule has 110 valence electrons. The molecule has 0 amide bonds. The minimum atomic E-state index is 0.523. The molecule has 2 heterocycles. The highest BCUT2D eigenvalue weighted by molar-refractivity contribution is 6.42. The number of ether oxygens (including phenoxy) is 1. The molecular formula is C16H21Cl2NO. The molecule has 4 atom stereocenters. The van der Waals surface area contributed by atoms with Crippen molar-refractivity contribution < 1.29 is 4.74 Å². The lowest BCUT2D eigenvalue weighted by Gasteiger charge is -2.38. The number of halogens is 2. The van der Waals surface area contributed by atoms with E-state index >= 15 is 0 Å². The first kappa shape index (κ1) is 14.6. The number of fused-ring (bicyclic) bond motifs is 2. The van der Waals surface area contributed by atoms with Gasteiger partial charge in [-0.15, -0.1) is 0 Å². The van der Waals surface area contributed by atoms with Crippen molar-refractivity contribution in [3.63, 3.8) is 0 Å². The first-order valence-corrected chi connectivity index (χ1v) is 8.23. The molecule has 4 heteroatoms. The maximum absolute atomic E-state index is 6.19. The number of rotatable bonds is 4. The Labute approximate surface area is 130 Å². The van der Waals surface area contributed by atoms with E-state index in [0.717, 1.165) is 13.2 Å². The molecule has 0 radical (unpaired) electrons. The Morgan fingerprint density at radius 3 is 2.85 bits per heavy atom. The Morgan fingerprint density at radius 2 is 2.10 bits per heavy atom. The highest BCUT2D eigenvalue weighted by Crippen LogP contribution is 2.42. The molecule has 3 rings (SSSR count). The van der Waals surface area contributed by atoms with Gasteiger partial charge in [0.1, 0.15) is 0 Å². The normalized spacial score (nSPS) is 32.5. The van der Waals surface area contributed by atoms with Crippen LogP contribution < -0.4 is 5.32 Å². The van der Waals surface area contributed by atoms with E-state index in [1.54, 1.807) is 0 Å². The van der Waals surface area contributed by atoms with Gasteiger partial charge in [-0.1, -0.05) is 29.3 Å². The van der Waals surface area contributed by atoms with Gasteiger partial charge < -0.3 is 10.1 Å². The van der Waals surface area contributed by atoms with Gasteiger partial charge in [0.25, 0.3) is 0 Å². The van der Waals surface area contributed by atoms with E-state index in [1.165, 1.54) is 24.8 Å². The van der Waals surface area contributed by atoms with Gasteiger partial charge >= 0.3 is 0 Å². The molecule has 4 unspecified atom stereocenters. The van der Waals surface area contributed by atoms with Crippen LogP contribution in [0.1, 0.15) is 37.7 Å². The fourth-order valence-corrected chi connectivity index (χ4v) is 4.05. The molecule has 2 fully saturated rings. The molecular weight excluding hydrogens is 293 g/mol. The zero-order valence-electron chi connectivity index (χ0n) is 11.7. The van der Waals surface area contributed by atoms with Crippen molar-refractivity contribution in [3.8, 4) is 0 Å². The second-order valence-corrected chi connectivity index (χ2v) is 6.70. The molecule has 2 aliphatic heterocycles. The van der Waals surface area contributed by atoms with E-state index in [4.69, 9.17) is 27.9 Å². The number of hydrogen-bond donors (Lipinski definition) is 1. The van der Waals surface area contributed by atoms with Gasteiger partial charge in [-0.2, -0.15) is 0 Å². The maximum atomic E-state index is 6.19. The lowest BCUT2D eigenvalue weighted by Crippen LogP contribution is -2.46. The van der Waals surface area contributed by atoms with Crippen LogP contribution in [-0.2, 0) is 4.74 Å². The summed E-state index contributed by atoms with van der Waals surface area (Å²) in [7, 11) is 0. The average molecular weight is 314 g/mol. The number of benzene rings is 1. The summed E-state index contributed by atoms with van der Waals surface area (Å²) in [5, 5.41) is 5.03. The Balaban J connectivity index is 1.85. The monoisotopic (exact) mass is 313 g/mol. The van der Waals surface area contributed by atoms with Gasteiger partial charge in [0, 0.05) is 24.6 Å². The molecule has 20 heavy (non-hydrogen) atoms. The maximum Gasteiger partial charge on any atom is 0.0595 e. The molecule has 2 saturated heterocycles. The summed E-state index contributed by atoms with van der Waals surface area (Å²) >= 11 is 12.2. The highest BCUT2D eigenvalue weighted by Gasteiger charge is 2.42. The number of nitrogens with one attached hydrogen (secondary N) is 1. The van der Waals surface area contributed by atoms with Gasteiger partial charge in [-0.05, 0) is 49.8 Å². The lowest BCUT2D eigenvalue weighted by molar-refractivity contribution is 0.0723. The summed E-state index contributed by atoms with van der Waals surface area (Å²) in [6, 6.07) is 7.32. The van der Waals surface area contributed by atoms with E-state index < -0.39 is 0 Å². The fraction of sp³-hybridized carbons (Fsp3) is 0.625. The Kier molecular flexibility index (Phi) is 4.56.